The van der Waals surface area contributed by atoms with E-state index in [1.807, 2.05) is 19.9 Å². The summed E-state index contributed by atoms with van der Waals surface area (Å²) >= 11 is 0. The zero-order valence-corrected chi connectivity index (χ0v) is 10.2. The largest absolute Gasteiger partial charge is 0.456 e. The normalized spacial score (nSPS) is 19.3. The molecule has 0 spiro atoms. The molecule has 4 nitrogen and oxygen atoms in total. The monoisotopic (exact) mass is 235 g/mol. The van der Waals surface area contributed by atoms with E-state index in [1.54, 1.807) is 6.07 Å². The van der Waals surface area contributed by atoms with Gasteiger partial charge in [0.15, 0.2) is 0 Å². The number of benzene rings is 1. The number of anilines is 1. The van der Waals surface area contributed by atoms with Crippen LogP contribution < -0.4 is 5.73 Å². The molecular formula is C13H17NO3. The van der Waals surface area contributed by atoms with E-state index in [4.69, 9.17) is 15.2 Å². The van der Waals surface area contributed by atoms with Crippen LogP contribution in [-0.2, 0) is 9.47 Å². The average Bonchev–Trinajstić information content (AvgIpc) is 2.76. The number of esters is 1. The smallest absolute Gasteiger partial charge is 0.338 e. The molecule has 0 radical (unpaired) electrons. The van der Waals surface area contributed by atoms with Crippen molar-refractivity contribution < 1.29 is 14.3 Å². The molecule has 1 atom stereocenters. The minimum absolute atomic E-state index is 0.122. The van der Waals surface area contributed by atoms with Gasteiger partial charge in [-0.1, -0.05) is 0 Å². The van der Waals surface area contributed by atoms with Gasteiger partial charge in [-0.3, -0.25) is 0 Å². The minimum atomic E-state index is -0.312. The zero-order valence-electron chi connectivity index (χ0n) is 10.2. The Morgan fingerprint density at radius 1 is 1.47 bits per heavy atom. The third-order valence-corrected chi connectivity index (χ3v) is 3.07. The molecule has 1 heterocycles. The third kappa shape index (κ3) is 2.58. The van der Waals surface area contributed by atoms with Crippen molar-refractivity contribution in [3.63, 3.8) is 0 Å². The minimum Gasteiger partial charge on any atom is -0.456 e. The van der Waals surface area contributed by atoms with E-state index in [0.717, 1.165) is 17.5 Å². The van der Waals surface area contributed by atoms with Crippen LogP contribution >= 0.6 is 0 Å². The lowest BCUT2D eigenvalue weighted by Crippen LogP contribution is -2.19. The fourth-order valence-electron chi connectivity index (χ4n) is 1.92. The van der Waals surface area contributed by atoms with E-state index in [0.29, 0.717) is 24.5 Å². The van der Waals surface area contributed by atoms with Crippen LogP contribution in [0.15, 0.2) is 12.1 Å². The van der Waals surface area contributed by atoms with Crippen LogP contribution in [0.5, 0.6) is 0 Å². The SMILES string of the molecule is Cc1cc(N)cc(C(=O)OC2CCOC2)c1C. The molecule has 0 aliphatic carbocycles. The van der Waals surface area contributed by atoms with Crippen molar-refractivity contribution in [1.29, 1.82) is 0 Å². The van der Waals surface area contributed by atoms with Gasteiger partial charge >= 0.3 is 5.97 Å². The number of rotatable bonds is 2. The lowest BCUT2D eigenvalue weighted by molar-refractivity contribution is 0.0270. The number of aryl methyl sites for hydroxylation is 1. The summed E-state index contributed by atoms with van der Waals surface area (Å²) in [5.41, 5.74) is 8.80. The molecule has 1 fully saturated rings. The number of hydrogen-bond donors (Lipinski definition) is 1. The molecule has 1 aliphatic heterocycles. The van der Waals surface area contributed by atoms with Gasteiger partial charge in [0.25, 0.3) is 0 Å². The first-order valence-electron chi connectivity index (χ1n) is 5.73. The first kappa shape index (κ1) is 11.9. The summed E-state index contributed by atoms with van der Waals surface area (Å²) in [5, 5.41) is 0. The molecule has 2 rings (SSSR count). The molecule has 1 aromatic carbocycles. The topological polar surface area (TPSA) is 61.6 Å². The lowest BCUT2D eigenvalue weighted by atomic mass is 10.0. The molecule has 0 amide bonds. The zero-order chi connectivity index (χ0) is 12.4. The first-order chi connectivity index (χ1) is 8.08. The Kier molecular flexibility index (Phi) is 3.33. The standard InChI is InChI=1S/C13H17NO3/c1-8-5-10(14)6-12(9(8)2)13(15)17-11-3-4-16-7-11/h5-6,11H,3-4,7,14H2,1-2H3. The Balaban J connectivity index is 2.18. The Morgan fingerprint density at radius 3 is 2.88 bits per heavy atom. The number of nitrogens with two attached hydrogens (primary N) is 1. The highest BCUT2D eigenvalue weighted by Crippen LogP contribution is 2.20. The summed E-state index contributed by atoms with van der Waals surface area (Å²) < 4.78 is 10.5. The predicted molar refractivity (Wildman–Crippen MR) is 65.0 cm³/mol. The van der Waals surface area contributed by atoms with Gasteiger partial charge < -0.3 is 15.2 Å². The number of hydrogen-bond acceptors (Lipinski definition) is 4. The van der Waals surface area contributed by atoms with Crippen LogP contribution in [0.1, 0.15) is 27.9 Å². The van der Waals surface area contributed by atoms with Crippen LogP contribution in [0.4, 0.5) is 5.69 Å². The van der Waals surface area contributed by atoms with Gasteiger partial charge in [-0.05, 0) is 37.1 Å². The first-order valence-corrected chi connectivity index (χ1v) is 5.73. The molecule has 0 bridgehead atoms. The van der Waals surface area contributed by atoms with Gasteiger partial charge in [0.2, 0.25) is 0 Å². The molecule has 0 aromatic heterocycles. The van der Waals surface area contributed by atoms with E-state index >= 15 is 0 Å². The van der Waals surface area contributed by atoms with Gasteiger partial charge in [-0.2, -0.15) is 0 Å². The van der Waals surface area contributed by atoms with Crippen LogP contribution in [0.3, 0.4) is 0 Å². The summed E-state index contributed by atoms with van der Waals surface area (Å²) in [7, 11) is 0. The average molecular weight is 235 g/mol. The maximum absolute atomic E-state index is 12.0. The number of nitrogen functional groups attached to an aromatic ring is 1. The Labute approximate surface area is 101 Å². The number of carbonyl (C=O) groups excluding carboxylic acids is 1. The second kappa shape index (κ2) is 4.75. The predicted octanol–water partition coefficient (Wildman–Crippen LogP) is 1.83. The van der Waals surface area contributed by atoms with Crippen molar-refractivity contribution in [2.45, 2.75) is 26.4 Å². The number of carbonyl (C=O) groups is 1. The van der Waals surface area contributed by atoms with Crippen molar-refractivity contribution in [2.75, 3.05) is 18.9 Å². The highest BCUT2D eigenvalue weighted by atomic mass is 16.6. The molecule has 2 N–H and O–H groups in total. The molecule has 1 aliphatic rings. The Hall–Kier alpha value is -1.55. The summed E-state index contributed by atoms with van der Waals surface area (Å²) in [6, 6.07) is 3.52. The maximum Gasteiger partial charge on any atom is 0.338 e. The molecule has 17 heavy (non-hydrogen) atoms. The van der Waals surface area contributed by atoms with E-state index < -0.39 is 0 Å². The molecule has 92 valence electrons. The van der Waals surface area contributed by atoms with Crippen LogP contribution in [0, 0.1) is 13.8 Å². The molecule has 1 aromatic rings. The second-order valence-electron chi connectivity index (χ2n) is 4.40. The van der Waals surface area contributed by atoms with Crippen molar-refractivity contribution in [3.8, 4) is 0 Å². The molecule has 4 heteroatoms. The van der Waals surface area contributed by atoms with Gasteiger partial charge in [0, 0.05) is 12.1 Å². The fraction of sp³-hybridized carbons (Fsp3) is 0.462. The molecule has 1 unspecified atom stereocenters. The van der Waals surface area contributed by atoms with Crippen LogP contribution in [0.2, 0.25) is 0 Å². The van der Waals surface area contributed by atoms with E-state index in [2.05, 4.69) is 0 Å². The number of ether oxygens (including phenoxy) is 2. The van der Waals surface area contributed by atoms with Crippen molar-refractivity contribution in [2.24, 2.45) is 0 Å². The molecule has 0 saturated carbocycles. The van der Waals surface area contributed by atoms with Gasteiger partial charge in [-0.25, -0.2) is 4.79 Å². The van der Waals surface area contributed by atoms with Crippen LogP contribution in [-0.4, -0.2) is 25.3 Å². The summed E-state index contributed by atoms with van der Waals surface area (Å²) in [6.07, 6.45) is 0.648. The van der Waals surface area contributed by atoms with Crippen molar-refractivity contribution >= 4 is 11.7 Å². The Bertz CT molecular complexity index is 437. The van der Waals surface area contributed by atoms with Gasteiger partial charge in [0.05, 0.1) is 18.8 Å². The van der Waals surface area contributed by atoms with E-state index in [1.165, 1.54) is 0 Å². The summed E-state index contributed by atoms with van der Waals surface area (Å²) in [5.74, 6) is -0.312. The van der Waals surface area contributed by atoms with Crippen molar-refractivity contribution in [3.05, 3.63) is 28.8 Å². The second-order valence-corrected chi connectivity index (χ2v) is 4.40. The fourth-order valence-corrected chi connectivity index (χ4v) is 1.92. The summed E-state index contributed by atoms with van der Waals surface area (Å²) in [4.78, 5) is 12.0. The van der Waals surface area contributed by atoms with Crippen molar-refractivity contribution in [1.82, 2.24) is 0 Å². The van der Waals surface area contributed by atoms with E-state index in [-0.39, 0.29) is 12.1 Å². The van der Waals surface area contributed by atoms with E-state index in [9.17, 15) is 4.79 Å². The van der Waals surface area contributed by atoms with Crippen LogP contribution in [0.25, 0.3) is 0 Å². The third-order valence-electron chi connectivity index (χ3n) is 3.07. The Morgan fingerprint density at radius 2 is 2.24 bits per heavy atom. The molecule has 1 saturated heterocycles. The highest BCUT2D eigenvalue weighted by Gasteiger charge is 2.22. The molecular weight excluding hydrogens is 218 g/mol. The quantitative estimate of drug-likeness (QED) is 0.627. The van der Waals surface area contributed by atoms with Gasteiger partial charge in [-0.15, -0.1) is 0 Å². The summed E-state index contributed by atoms with van der Waals surface area (Å²) in [6.45, 7) is 4.98. The lowest BCUT2D eigenvalue weighted by Gasteiger charge is -2.13. The van der Waals surface area contributed by atoms with Gasteiger partial charge in [0.1, 0.15) is 6.10 Å². The highest BCUT2D eigenvalue weighted by molar-refractivity contribution is 5.92. The maximum atomic E-state index is 12.0.